The fourth-order valence-corrected chi connectivity index (χ4v) is 5.59. The van der Waals surface area contributed by atoms with Crippen LogP contribution in [0.1, 0.15) is 37.5 Å². The van der Waals surface area contributed by atoms with E-state index in [1.807, 2.05) is 52.0 Å². The molecule has 0 aliphatic heterocycles. The Hall–Kier alpha value is -3.36. The molecule has 3 aromatic rings. The number of aryl methyl sites for hydroxylation is 2. The third-order valence-corrected chi connectivity index (χ3v) is 8.46. The summed E-state index contributed by atoms with van der Waals surface area (Å²) < 4.78 is 28.7. The standard InChI is InChI=1S/C30H36ClN3O4S/c1-21(2)18-32-30(36)24(5)33(19-25-10-7-6-9-23(25)4)29(35)20-34(27-12-8-11-26(31)17-27)39(37,38)28-15-13-22(3)14-16-28/h6-17,21,24H,18-20H2,1-5H3,(H,32,36)/t24-/m1/s1. The highest BCUT2D eigenvalue weighted by atomic mass is 35.5. The van der Waals surface area contributed by atoms with E-state index in [0.717, 1.165) is 21.0 Å². The van der Waals surface area contributed by atoms with Gasteiger partial charge in [-0.15, -0.1) is 0 Å². The van der Waals surface area contributed by atoms with Gasteiger partial charge in [0.1, 0.15) is 12.6 Å². The summed E-state index contributed by atoms with van der Waals surface area (Å²) in [5.41, 5.74) is 2.99. The van der Waals surface area contributed by atoms with E-state index in [1.54, 1.807) is 37.3 Å². The van der Waals surface area contributed by atoms with Crippen molar-refractivity contribution in [3.05, 3.63) is 94.5 Å². The number of carbonyl (C=O) groups is 2. The van der Waals surface area contributed by atoms with Crippen molar-refractivity contribution in [2.24, 2.45) is 5.92 Å². The van der Waals surface area contributed by atoms with Crippen LogP contribution in [0.5, 0.6) is 0 Å². The molecule has 2 amide bonds. The molecule has 0 saturated heterocycles. The van der Waals surface area contributed by atoms with Crippen molar-refractivity contribution in [3.8, 4) is 0 Å². The van der Waals surface area contributed by atoms with Crippen LogP contribution >= 0.6 is 11.6 Å². The number of hydrogen-bond acceptors (Lipinski definition) is 4. The van der Waals surface area contributed by atoms with Gasteiger partial charge in [0.05, 0.1) is 10.6 Å². The van der Waals surface area contributed by atoms with E-state index in [0.29, 0.717) is 11.6 Å². The topological polar surface area (TPSA) is 86.8 Å². The zero-order valence-corrected chi connectivity index (χ0v) is 24.6. The summed E-state index contributed by atoms with van der Waals surface area (Å²) in [7, 11) is -4.14. The molecule has 3 rings (SSSR count). The highest BCUT2D eigenvalue weighted by Gasteiger charge is 2.32. The predicted octanol–water partition coefficient (Wildman–Crippen LogP) is 5.34. The van der Waals surface area contributed by atoms with Crippen LogP contribution in [0.25, 0.3) is 0 Å². The third-order valence-electron chi connectivity index (χ3n) is 6.44. The number of anilines is 1. The van der Waals surface area contributed by atoms with Gasteiger partial charge in [0.2, 0.25) is 11.8 Å². The third kappa shape index (κ3) is 7.83. The quantitative estimate of drug-likeness (QED) is 0.338. The molecule has 0 aliphatic carbocycles. The molecular weight excluding hydrogens is 534 g/mol. The van der Waals surface area contributed by atoms with Gasteiger partial charge in [0, 0.05) is 18.1 Å². The lowest BCUT2D eigenvalue weighted by Gasteiger charge is -2.32. The van der Waals surface area contributed by atoms with Crippen molar-refractivity contribution >= 4 is 39.1 Å². The first-order valence-electron chi connectivity index (χ1n) is 12.9. The lowest BCUT2D eigenvalue weighted by atomic mass is 10.1. The van der Waals surface area contributed by atoms with Crippen LogP contribution in [0.3, 0.4) is 0 Å². The summed E-state index contributed by atoms with van der Waals surface area (Å²) in [5.74, 6) is -0.581. The highest BCUT2D eigenvalue weighted by molar-refractivity contribution is 7.92. The second-order valence-electron chi connectivity index (χ2n) is 10.1. The number of benzene rings is 3. The van der Waals surface area contributed by atoms with Crippen LogP contribution in [0.4, 0.5) is 5.69 Å². The van der Waals surface area contributed by atoms with Crippen molar-refractivity contribution in [1.82, 2.24) is 10.2 Å². The molecule has 0 unspecified atom stereocenters. The molecule has 0 heterocycles. The molecule has 1 atom stereocenters. The molecule has 3 aromatic carbocycles. The summed E-state index contributed by atoms with van der Waals surface area (Å²) in [4.78, 5) is 28.5. The molecular formula is C30H36ClN3O4S. The SMILES string of the molecule is Cc1ccc(S(=O)(=O)N(CC(=O)N(Cc2ccccc2C)[C@H](C)C(=O)NCC(C)C)c2cccc(Cl)c2)cc1. The predicted molar refractivity (Wildman–Crippen MR) is 156 cm³/mol. The number of hydrogen-bond donors (Lipinski definition) is 1. The summed E-state index contributed by atoms with van der Waals surface area (Å²) >= 11 is 6.21. The van der Waals surface area contributed by atoms with E-state index in [-0.39, 0.29) is 29.0 Å². The normalized spacial score (nSPS) is 12.2. The fraction of sp³-hybridized carbons (Fsp3) is 0.333. The first kappa shape index (κ1) is 30.2. The van der Waals surface area contributed by atoms with Gasteiger partial charge in [-0.3, -0.25) is 13.9 Å². The Labute approximate surface area is 236 Å². The molecule has 0 radical (unpaired) electrons. The first-order chi connectivity index (χ1) is 18.4. The van der Waals surface area contributed by atoms with Crippen LogP contribution in [0.2, 0.25) is 5.02 Å². The van der Waals surface area contributed by atoms with Crippen LogP contribution in [0, 0.1) is 19.8 Å². The van der Waals surface area contributed by atoms with E-state index < -0.39 is 28.5 Å². The minimum Gasteiger partial charge on any atom is -0.354 e. The van der Waals surface area contributed by atoms with Gasteiger partial charge in [-0.25, -0.2) is 8.42 Å². The van der Waals surface area contributed by atoms with Gasteiger partial charge in [0.25, 0.3) is 10.0 Å². The average molecular weight is 570 g/mol. The maximum atomic E-state index is 14.0. The van der Waals surface area contributed by atoms with Gasteiger partial charge in [0.15, 0.2) is 0 Å². The van der Waals surface area contributed by atoms with Crippen molar-refractivity contribution in [2.75, 3.05) is 17.4 Å². The van der Waals surface area contributed by atoms with Gasteiger partial charge in [-0.1, -0.05) is 73.5 Å². The number of carbonyl (C=O) groups excluding carboxylic acids is 2. The Morgan fingerprint density at radius 2 is 1.59 bits per heavy atom. The summed E-state index contributed by atoms with van der Waals surface area (Å²) in [6.07, 6.45) is 0. The molecule has 0 aliphatic rings. The number of sulfonamides is 1. The minimum atomic E-state index is -4.14. The molecule has 0 spiro atoms. The molecule has 0 fully saturated rings. The summed E-state index contributed by atoms with van der Waals surface area (Å²) in [5, 5.41) is 3.22. The van der Waals surface area contributed by atoms with E-state index in [2.05, 4.69) is 5.32 Å². The van der Waals surface area contributed by atoms with Crippen LogP contribution < -0.4 is 9.62 Å². The van der Waals surface area contributed by atoms with E-state index in [9.17, 15) is 18.0 Å². The molecule has 0 bridgehead atoms. The van der Waals surface area contributed by atoms with Gasteiger partial charge < -0.3 is 10.2 Å². The van der Waals surface area contributed by atoms with Gasteiger partial charge >= 0.3 is 0 Å². The van der Waals surface area contributed by atoms with Crippen LogP contribution in [-0.2, 0) is 26.2 Å². The van der Waals surface area contributed by atoms with Crippen molar-refractivity contribution in [2.45, 2.75) is 52.1 Å². The Kier molecular flexibility index (Phi) is 10.2. The Balaban J connectivity index is 2.02. The molecule has 208 valence electrons. The first-order valence-corrected chi connectivity index (χ1v) is 14.7. The number of nitrogens with zero attached hydrogens (tertiary/aromatic N) is 2. The fourth-order valence-electron chi connectivity index (χ4n) is 4.00. The molecule has 1 N–H and O–H groups in total. The smallest absolute Gasteiger partial charge is 0.264 e. The zero-order valence-electron chi connectivity index (χ0n) is 23.0. The molecule has 39 heavy (non-hydrogen) atoms. The summed E-state index contributed by atoms with van der Waals surface area (Å²) in [6, 6.07) is 19.6. The Bertz CT molecular complexity index is 1410. The number of nitrogens with one attached hydrogen (secondary N) is 1. The maximum Gasteiger partial charge on any atom is 0.264 e. The zero-order chi connectivity index (χ0) is 28.7. The lowest BCUT2D eigenvalue weighted by Crippen LogP contribution is -2.51. The average Bonchev–Trinajstić information content (AvgIpc) is 2.89. The largest absolute Gasteiger partial charge is 0.354 e. The van der Waals surface area contributed by atoms with Gasteiger partial charge in [-0.05, 0) is 68.1 Å². The van der Waals surface area contributed by atoms with E-state index in [1.165, 1.54) is 23.1 Å². The molecule has 0 aromatic heterocycles. The Morgan fingerprint density at radius 3 is 2.21 bits per heavy atom. The van der Waals surface area contributed by atoms with Crippen molar-refractivity contribution < 1.29 is 18.0 Å². The van der Waals surface area contributed by atoms with Crippen LogP contribution in [0.15, 0.2) is 77.7 Å². The second-order valence-corrected chi connectivity index (χ2v) is 12.4. The molecule has 9 heteroatoms. The van der Waals surface area contributed by atoms with Crippen LogP contribution in [-0.4, -0.2) is 44.3 Å². The van der Waals surface area contributed by atoms with Crippen molar-refractivity contribution in [1.29, 1.82) is 0 Å². The highest BCUT2D eigenvalue weighted by Crippen LogP contribution is 2.27. The Morgan fingerprint density at radius 1 is 0.923 bits per heavy atom. The number of amides is 2. The molecule has 0 saturated carbocycles. The van der Waals surface area contributed by atoms with Crippen molar-refractivity contribution in [3.63, 3.8) is 0 Å². The number of rotatable bonds is 11. The van der Waals surface area contributed by atoms with Gasteiger partial charge in [-0.2, -0.15) is 0 Å². The monoisotopic (exact) mass is 569 g/mol. The minimum absolute atomic E-state index is 0.0501. The second kappa shape index (κ2) is 13.1. The van der Waals surface area contributed by atoms with E-state index >= 15 is 0 Å². The molecule has 7 nitrogen and oxygen atoms in total. The van der Waals surface area contributed by atoms with E-state index in [4.69, 9.17) is 11.6 Å². The summed E-state index contributed by atoms with van der Waals surface area (Å²) in [6.45, 7) is 9.53. The number of halogens is 1. The lowest BCUT2D eigenvalue weighted by molar-refractivity contribution is -0.139. The maximum absolute atomic E-state index is 14.0.